The van der Waals surface area contributed by atoms with Crippen LogP contribution in [-0.2, 0) is 4.74 Å². The molecule has 1 aromatic carbocycles. The highest BCUT2D eigenvalue weighted by molar-refractivity contribution is 5.81. The van der Waals surface area contributed by atoms with Crippen LogP contribution in [0.2, 0.25) is 0 Å². The zero-order valence-electron chi connectivity index (χ0n) is 10.2. The number of benzene rings is 1. The Morgan fingerprint density at radius 2 is 2.28 bits per heavy atom. The van der Waals surface area contributed by atoms with Gasteiger partial charge in [-0.1, -0.05) is 6.58 Å². The topological polar surface area (TPSA) is 55.0 Å². The lowest BCUT2D eigenvalue weighted by molar-refractivity contribution is 0.296. The minimum absolute atomic E-state index is 0.223. The molecule has 0 bridgehead atoms. The van der Waals surface area contributed by atoms with E-state index in [1.165, 1.54) is 12.1 Å². The van der Waals surface area contributed by atoms with Crippen molar-refractivity contribution in [3.63, 3.8) is 0 Å². The molecule has 0 aliphatic rings. The average Bonchev–Trinajstić information content (AvgIpc) is 2.30. The minimum Gasteiger partial charge on any atom is -0.491 e. The van der Waals surface area contributed by atoms with Gasteiger partial charge < -0.3 is 9.72 Å². The van der Waals surface area contributed by atoms with Crippen LogP contribution in [0.25, 0.3) is 16.7 Å². The summed E-state index contributed by atoms with van der Waals surface area (Å²) in [5.74, 6) is 0.105. The van der Waals surface area contributed by atoms with Crippen LogP contribution in [0.15, 0.2) is 23.5 Å². The molecule has 0 unspecified atom stereocenters. The van der Waals surface area contributed by atoms with E-state index in [0.717, 1.165) is 0 Å². The SMILES string of the molecule is C=C(OCC)c1nc2c(C)cc(F)cc2c(=O)[nH]1. The molecule has 2 rings (SSSR count). The summed E-state index contributed by atoms with van der Waals surface area (Å²) >= 11 is 0. The van der Waals surface area contributed by atoms with Crippen LogP contribution in [0.3, 0.4) is 0 Å². The molecule has 1 heterocycles. The first-order chi connectivity index (χ1) is 8.52. The molecule has 1 N–H and O–H groups in total. The van der Waals surface area contributed by atoms with Crippen molar-refractivity contribution >= 4 is 16.7 Å². The van der Waals surface area contributed by atoms with Crippen LogP contribution in [0.1, 0.15) is 18.3 Å². The van der Waals surface area contributed by atoms with Crippen molar-refractivity contribution in [3.05, 3.63) is 46.3 Å². The maximum atomic E-state index is 13.2. The molecule has 2 aromatic rings. The van der Waals surface area contributed by atoms with Gasteiger partial charge in [0.25, 0.3) is 5.56 Å². The number of nitrogens with one attached hydrogen (secondary N) is 1. The average molecular weight is 248 g/mol. The highest BCUT2D eigenvalue weighted by Crippen LogP contribution is 2.17. The van der Waals surface area contributed by atoms with E-state index in [-0.39, 0.29) is 11.2 Å². The van der Waals surface area contributed by atoms with Gasteiger partial charge in [-0.3, -0.25) is 4.79 Å². The number of nitrogens with zero attached hydrogens (tertiary/aromatic N) is 1. The van der Waals surface area contributed by atoms with E-state index < -0.39 is 11.4 Å². The fourth-order valence-corrected chi connectivity index (χ4v) is 1.75. The summed E-state index contributed by atoms with van der Waals surface area (Å²) < 4.78 is 18.4. The van der Waals surface area contributed by atoms with Crippen LogP contribution < -0.4 is 5.56 Å². The first kappa shape index (κ1) is 12.3. The summed E-state index contributed by atoms with van der Waals surface area (Å²) in [6, 6.07) is 2.50. The smallest absolute Gasteiger partial charge is 0.259 e. The summed E-state index contributed by atoms with van der Waals surface area (Å²) in [5, 5.41) is 0.223. The Balaban J connectivity index is 2.69. The van der Waals surface area contributed by atoms with E-state index in [9.17, 15) is 9.18 Å². The number of H-pyrrole nitrogens is 1. The quantitative estimate of drug-likeness (QED) is 0.848. The Bertz CT molecular complexity index is 676. The maximum absolute atomic E-state index is 13.2. The summed E-state index contributed by atoms with van der Waals surface area (Å²) in [5.41, 5.74) is 0.649. The predicted octanol–water partition coefficient (Wildman–Crippen LogP) is 2.38. The number of ether oxygens (including phenoxy) is 1. The van der Waals surface area contributed by atoms with E-state index in [4.69, 9.17) is 4.74 Å². The number of aromatic nitrogens is 2. The first-order valence-corrected chi connectivity index (χ1v) is 5.55. The number of hydrogen-bond donors (Lipinski definition) is 1. The second kappa shape index (κ2) is 4.60. The van der Waals surface area contributed by atoms with E-state index in [1.807, 2.05) is 6.92 Å². The molecular formula is C13H13FN2O2. The van der Waals surface area contributed by atoms with Gasteiger partial charge in [-0.25, -0.2) is 9.37 Å². The summed E-state index contributed by atoms with van der Waals surface area (Å²) in [6.45, 7) is 7.62. The Kier molecular flexibility index (Phi) is 3.14. The second-order valence-electron chi connectivity index (χ2n) is 3.89. The number of rotatable bonds is 3. The highest BCUT2D eigenvalue weighted by Gasteiger charge is 2.10. The molecule has 0 radical (unpaired) electrons. The van der Waals surface area contributed by atoms with Crippen molar-refractivity contribution in [2.24, 2.45) is 0 Å². The van der Waals surface area contributed by atoms with Crippen molar-refractivity contribution in [1.29, 1.82) is 0 Å². The summed E-state index contributed by atoms with van der Waals surface area (Å²) in [7, 11) is 0. The molecule has 0 saturated carbocycles. The predicted molar refractivity (Wildman–Crippen MR) is 67.7 cm³/mol. The Hall–Kier alpha value is -2.17. The largest absolute Gasteiger partial charge is 0.491 e. The Morgan fingerprint density at radius 1 is 1.56 bits per heavy atom. The molecule has 0 amide bonds. The van der Waals surface area contributed by atoms with Crippen molar-refractivity contribution in [2.75, 3.05) is 6.61 Å². The van der Waals surface area contributed by atoms with Crippen molar-refractivity contribution < 1.29 is 9.13 Å². The van der Waals surface area contributed by atoms with Crippen molar-refractivity contribution in [2.45, 2.75) is 13.8 Å². The van der Waals surface area contributed by atoms with Crippen molar-refractivity contribution in [1.82, 2.24) is 9.97 Å². The molecule has 0 spiro atoms. The first-order valence-electron chi connectivity index (χ1n) is 5.55. The van der Waals surface area contributed by atoms with Gasteiger partial charge in [-0.2, -0.15) is 0 Å². The van der Waals surface area contributed by atoms with Crippen molar-refractivity contribution in [3.8, 4) is 0 Å². The normalized spacial score (nSPS) is 10.6. The number of halogens is 1. The summed E-state index contributed by atoms with van der Waals surface area (Å²) in [4.78, 5) is 18.6. The van der Waals surface area contributed by atoms with Gasteiger partial charge in [-0.05, 0) is 31.5 Å². The molecule has 0 aliphatic carbocycles. The standard InChI is InChI=1S/C13H13FN2O2/c1-4-18-8(3)12-15-11-7(2)5-9(14)6-10(11)13(17)16-12/h5-6H,3-4H2,1-2H3,(H,15,16,17). The Morgan fingerprint density at radius 3 is 2.94 bits per heavy atom. The van der Waals surface area contributed by atoms with Gasteiger partial charge in [0.05, 0.1) is 17.5 Å². The van der Waals surface area contributed by atoms with Crippen LogP contribution >= 0.6 is 0 Å². The third-order valence-electron chi connectivity index (χ3n) is 2.55. The van der Waals surface area contributed by atoms with Gasteiger partial charge in [0.1, 0.15) is 5.82 Å². The molecule has 18 heavy (non-hydrogen) atoms. The molecule has 0 aliphatic heterocycles. The van der Waals surface area contributed by atoms with Crippen LogP contribution in [-0.4, -0.2) is 16.6 Å². The third kappa shape index (κ3) is 2.11. The third-order valence-corrected chi connectivity index (χ3v) is 2.55. The maximum Gasteiger partial charge on any atom is 0.259 e. The lowest BCUT2D eigenvalue weighted by Crippen LogP contribution is -2.13. The zero-order chi connectivity index (χ0) is 13.3. The van der Waals surface area contributed by atoms with E-state index >= 15 is 0 Å². The molecule has 0 saturated heterocycles. The fraction of sp³-hybridized carbons (Fsp3) is 0.231. The number of aryl methyl sites for hydroxylation is 1. The lowest BCUT2D eigenvalue weighted by Gasteiger charge is -2.08. The molecule has 1 aromatic heterocycles. The highest BCUT2D eigenvalue weighted by atomic mass is 19.1. The molecule has 4 nitrogen and oxygen atoms in total. The zero-order valence-corrected chi connectivity index (χ0v) is 10.2. The van der Waals surface area contributed by atoms with Gasteiger partial charge >= 0.3 is 0 Å². The molecule has 0 atom stereocenters. The van der Waals surface area contributed by atoms with Crippen LogP contribution in [0, 0.1) is 12.7 Å². The fourth-order valence-electron chi connectivity index (χ4n) is 1.75. The van der Waals surface area contributed by atoms with Crippen LogP contribution in [0.5, 0.6) is 0 Å². The second-order valence-corrected chi connectivity index (χ2v) is 3.89. The van der Waals surface area contributed by atoms with Gasteiger partial charge in [0.2, 0.25) is 0 Å². The van der Waals surface area contributed by atoms with Gasteiger partial charge in [0, 0.05) is 0 Å². The monoisotopic (exact) mass is 248 g/mol. The number of hydrogen-bond acceptors (Lipinski definition) is 3. The van der Waals surface area contributed by atoms with E-state index in [0.29, 0.717) is 23.4 Å². The lowest BCUT2D eigenvalue weighted by atomic mass is 10.1. The van der Waals surface area contributed by atoms with E-state index in [1.54, 1.807) is 6.92 Å². The minimum atomic E-state index is -0.455. The summed E-state index contributed by atoms with van der Waals surface area (Å²) in [6.07, 6.45) is 0. The van der Waals surface area contributed by atoms with E-state index in [2.05, 4.69) is 16.5 Å². The number of fused-ring (bicyclic) bond motifs is 1. The molecular weight excluding hydrogens is 235 g/mol. The molecule has 5 heteroatoms. The van der Waals surface area contributed by atoms with Gasteiger partial charge in [-0.15, -0.1) is 0 Å². The Labute approximate surface area is 103 Å². The molecule has 94 valence electrons. The van der Waals surface area contributed by atoms with Crippen LogP contribution in [0.4, 0.5) is 4.39 Å². The van der Waals surface area contributed by atoms with Gasteiger partial charge in [0.15, 0.2) is 11.6 Å². The number of aromatic amines is 1. The molecule has 0 fully saturated rings.